The molecule has 0 spiro atoms. The highest BCUT2D eigenvalue weighted by atomic mass is 19.4. The van der Waals surface area contributed by atoms with Crippen molar-refractivity contribution in [3.05, 3.63) is 89.7 Å². The third-order valence-electron chi connectivity index (χ3n) is 5.69. The van der Waals surface area contributed by atoms with E-state index in [2.05, 4.69) is 0 Å². The highest BCUT2D eigenvalue weighted by molar-refractivity contribution is 6.20. The Hall–Kier alpha value is -3.87. The van der Waals surface area contributed by atoms with Crippen molar-refractivity contribution >= 4 is 28.5 Å². The number of anilines is 1. The van der Waals surface area contributed by atoms with Crippen molar-refractivity contribution in [2.24, 2.45) is 0 Å². The number of hydrogen-bond donors (Lipinski definition) is 0. The highest BCUT2D eigenvalue weighted by Crippen LogP contribution is 2.35. The van der Waals surface area contributed by atoms with E-state index in [1.807, 2.05) is 30.3 Å². The van der Waals surface area contributed by atoms with E-state index in [1.165, 1.54) is 11.0 Å². The number of para-hydroxylation sites is 1. The quantitative estimate of drug-likeness (QED) is 0.341. The van der Waals surface area contributed by atoms with Crippen LogP contribution >= 0.6 is 0 Å². The van der Waals surface area contributed by atoms with Crippen LogP contribution in [0.25, 0.3) is 22.1 Å². The number of amides is 2. The molecular weight excluding hydrogens is 431 g/mol. The van der Waals surface area contributed by atoms with Gasteiger partial charge < -0.3 is 4.42 Å². The third-order valence-corrected chi connectivity index (χ3v) is 5.69. The lowest BCUT2D eigenvalue weighted by atomic mass is 10.0. The van der Waals surface area contributed by atoms with Crippen LogP contribution in [0.5, 0.6) is 0 Å². The van der Waals surface area contributed by atoms with Crippen LogP contribution in [0.15, 0.2) is 77.2 Å². The minimum atomic E-state index is -4.40. The zero-order valence-electron chi connectivity index (χ0n) is 17.4. The molecule has 0 bridgehead atoms. The summed E-state index contributed by atoms with van der Waals surface area (Å²) in [6.45, 7) is 0. The number of fused-ring (bicyclic) bond motifs is 1. The van der Waals surface area contributed by atoms with Crippen LogP contribution in [0.3, 0.4) is 0 Å². The molecule has 1 fully saturated rings. The third kappa shape index (κ3) is 4.02. The first-order valence-electron chi connectivity index (χ1n) is 10.4. The summed E-state index contributed by atoms with van der Waals surface area (Å²) in [6.07, 6.45) is -3.78. The van der Waals surface area contributed by atoms with Gasteiger partial charge in [0, 0.05) is 30.2 Å². The largest absolute Gasteiger partial charge is 0.460 e. The number of furan rings is 1. The van der Waals surface area contributed by atoms with E-state index in [-0.39, 0.29) is 31.1 Å². The average Bonchev–Trinajstić information content (AvgIpc) is 3.35. The first kappa shape index (κ1) is 21.0. The number of carbonyl (C=O) groups excluding carboxylic acids is 2. The van der Waals surface area contributed by atoms with E-state index in [0.29, 0.717) is 22.6 Å². The highest BCUT2D eigenvalue weighted by Gasteiger charge is 2.31. The second-order valence-electron chi connectivity index (χ2n) is 7.98. The van der Waals surface area contributed by atoms with E-state index in [4.69, 9.17) is 4.42 Å². The lowest BCUT2D eigenvalue weighted by Crippen LogP contribution is -2.28. The summed E-state index contributed by atoms with van der Waals surface area (Å²) < 4.78 is 45.2. The van der Waals surface area contributed by atoms with Gasteiger partial charge >= 0.3 is 6.18 Å². The Morgan fingerprint density at radius 2 is 1.58 bits per heavy atom. The molecule has 1 aliphatic heterocycles. The number of hydrogen-bond acceptors (Lipinski definition) is 3. The number of imide groups is 1. The molecule has 0 radical (unpaired) electrons. The van der Waals surface area contributed by atoms with Crippen LogP contribution in [0.2, 0.25) is 0 Å². The molecule has 0 atom stereocenters. The van der Waals surface area contributed by atoms with Crippen molar-refractivity contribution in [1.82, 2.24) is 0 Å². The molecule has 3 aromatic carbocycles. The Kier molecular flexibility index (Phi) is 5.04. The van der Waals surface area contributed by atoms with Gasteiger partial charge in [0.05, 0.1) is 11.3 Å². The second kappa shape index (κ2) is 7.92. The molecule has 2 heterocycles. The van der Waals surface area contributed by atoms with Gasteiger partial charge in [-0.15, -0.1) is 0 Å². The van der Waals surface area contributed by atoms with Crippen LogP contribution in [-0.4, -0.2) is 11.8 Å². The molecule has 5 rings (SSSR count). The van der Waals surface area contributed by atoms with E-state index >= 15 is 0 Å². The van der Waals surface area contributed by atoms with Crippen molar-refractivity contribution in [3.63, 3.8) is 0 Å². The molecule has 4 aromatic rings. The summed E-state index contributed by atoms with van der Waals surface area (Å²) in [7, 11) is 0. The topological polar surface area (TPSA) is 50.5 Å². The Balaban J connectivity index is 1.50. The minimum absolute atomic E-state index is 0.204. The zero-order chi connectivity index (χ0) is 23.2. The summed E-state index contributed by atoms with van der Waals surface area (Å²) in [6, 6.07) is 19.7. The fourth-order valence-electron chi connectivity index (χ4n) is 4.17. The van der Waals surface area contributed by atoms with E-state index in [9.17, 15) is 22.8 Å². The van der Waals surface area contributed by atoms with Gasteiger partial charge in [-0.2, -0.15) is 13.2 Å². The van der Waals surface area contributed by atoms with Crippen LogP contribution in [0, 0.1) is 0 Å². The van der Waals surface area contributed by atoms with Gasteiger partial charge in [-0.25, -0.2) is 0 Å². The van der Waals surface area contributed by atoms with Crippen LogP contribution in [0.4, 0.5) is 18.9 Å². The van der Waals surface area contributed by atoms with Gasteiger partial charge in [0.2, 0.25) is 11.8 Å². The Morgan fingerprint density at radius 3 is 2.33 bits per heavy atom. The number of rotatable bonds is 4. The van der Waals surface area contributed by atoms with Crippen LogP contribution in [0.1, 0.15) is 29.7 Å². The number of carbonyl (C=O) groups is 2. The Bertz CT molecular complexity index is 1370. The molecule has 0 unspecified atom stereocenters. The fraction of sp³-hybridized carbons (Fsp3) is 0.154. The fourth-order valence-corrected chi connectivity index (χ4v) is 4.17. The zero-order valence-corrected chi connectivity index (χ0v) is 17.4. The smallest absolute Gasteiger partial charge is 0.416 e. The summed E-state index contributed by atoms with van der Waals surface area (Å²) in [5.74, 6) is 0.0892. The summed E-state index contributed by atoms with van der Waals surface area (Å²) in [4.78, 5) is 25.4. The normalized spacial score (nSPS) is 14.5. The summed E-state index contributed by atoms with van der Waals surface area (Å²) in [5, 5.41) is 0.813. The standard InChI is InChI=1S/C26H18F3NO3/c27-26(28,29)19-7-1-4-16(12-19)13-21-15-18-6-3-9-22(25(18)33-21)17-5-2-8-20(14-17)30-23(31)10-11-24(30)32/h1-9,12,14-15H,10-11,13H2. The van der Waals surface area contributed by atoms with E-state index in [0.717, 1.165) is 28.6 Å². The number of benzene rings is 3. The molecule has 7 heteroatoms. The van der Waals surface area contributed by atoms with Crippen LogP contribution in [-0.2, 0) is 22.2 Å². The molecule has 4 nitrogen and oxygen atoms in total. The maximum absolute atomic E-state index is 13.0. The lowest BCUT2D eigenvalue weighted by Gasteiger charge is -2.15. The van der Waals surface area contributed by atoms with Crippen molar-refractivity contribution < 1.29 is 27.2 Å². The summed E-state index contributed by atoms with van der Waals surface area (Å²) in [5.41, 5.74) is 2.44. The number of halogens is 3. The second-order valence-corrected chi connectivity index (χ2v) is 7.98. The molecule has 33 heavy (non-hydrogen) atoms. The molecule has 1 saturated heterocycles. The van der Waals surface area contributed by atoms with Gasteiger partial charge in [-0.1, -0.05) is 48.5 Å². The molecule has 0 saturated carbocycles. The maximum Gasteiger partial charge on any atom is 0.416 e. The Labute approximate surface area is 187 Å². The maximum atomic E-state index is 13.0. The van der Waals surface area contributed by atoms with Crippen molar-refractivity contribution in [1.29, 1.82) is 0 Å². The predicted molar refractivity (Wildman–Crippen MR) is 118 cm³/mol. The number of alkyl halides is 3. The number of nitrogens with zero attached hydrogens (tertiary/aromatic N) is 1. The van der Waals surface area contributed by atoms with Crippen molar-refractivity contribution in [2.45, 2.75) is 25.4 Å². The van der Waals surface area contributed by atoms with E-state index < -0.39 is 11.7 Å². The van der Waals surface area contributed by atoms with Crippen LogP contribution < -0.4 is 4.90 Å². The first-order chi connectivity index (χ1) is 15.8. The van der Waals surface area contributed by atoms with Gasteiger partial charge in [0.1, 0.15) is 11.3 Å². The SMILES string of the molecule is O=C1CCC(=O)N1c1cccc(-c2cccc3cc(Cc4cccc(C(F)(F)F)c4)oc23)c1. The predicted octanol–water partition coefficient (Wildman–Crippen LogP) is 6.36. The molecule has 1 aliphatic rings. The van der Waals surface area contributed by atoms with Gasteiger partial charge in [-0.05, 0) is 35.4 Å². The van der Waals surface area contributed by atoms with E-state index in [1.54, 1.807) is 24.3 Å². The van der Waals surface area contributed by atoms with Crippen molar-refractivity contribution in [3.8, 4) is 11.1 Å². The molecule has 0 aliphatic carbocycles. The molecule has 2 amide bonds. The monoisotopic (exact) mass is 449 g/mol. The molecule has 0 N–H and O–H groups in total. The summed E-state index contributed by atoms with van der Waals surface area (Å²) >= 11 is 0. The van der Waals surface area contributed by atoms with Gasteiger partial charge in [-0.3, -0.25) is 14.5 Å². The average molecular weight is 449 g/mol. The van der Waals surface area contributed by atoms with Gasteiger partial charge in [0.15, 0.2) is 0 Å². The Morgan fingerprint density at radius 1 is 0.848 bits per heavy atom. The van der Waals surface area contributed by atoms with Crippen molar-refractivity contribution in [2.75, 3.05) is 4.90 Å². The molecule has 166 valence electrons. The molecule has 1 aromatic heterocycles. The minimum Gasteiger partial charge on any atom is -0.460 e. The van der Waals surface area contributed by atoms with Gasteiger partial charge in [0.25, 0.3) is 0 Å². The lowest BCUT2D eigenvalue weighted by molar-refractivity contribution is -0.137. The molecular formula is C26H18F3NO3. The first-order valence-corrected chi connectivity index (χ1v) is 10.4.